The Balaban J connectivity index is 2.99. The van der Waals surface area contributed by atoms with Gasteiger partial charge < -0.3 is 8.85 Å². The van der Waals surface area contributed by atoms with E-state index < -0.39 is 17.4 Å². The molecule has 0 heterocycles. The molecule has 0 aliphatic carbocycles. The van der Waals surface area contributed by atoms with Crippen LogP contribution in [-0.2, 0) is 8.85 Å². The summed E-state index contributed by atoms with van der Waals surface area (Å²) >= 11 is 0. The molecule has 0 aromatic heterocycles. The van der Waals surface area contributed by atoms with Crippen LogP contribution in [0.25, 0.3) is 5.20 Å². The standard InChI is InChI=1S/C13H22O2Si2/c1-11(16(4)5)12-7-9-13(10-8-12)17(6,14-2)15-3/h7-10,16H,1H2,2-6H3. The maximum atomic E-state index is 5.52. The third kappa shape index (κ3) is 3.16. The van der Waals surface area contributed by atoms with Crippen LogP contribution in [0.1, 0.15) is 5.56 Å². The highest BCUT2D eigenvalue weighted by atomic mass is 28.4. The van der Waals surface area contributed by atoms with Gasteiger partial charge in [0.25, 0.3) is 0 Å². The summed E-state index contributed by atoms with van der Waals surface area (Å²) in [7, 11) is 0.438. The highest BCUT2D eigenvalue weighted by Crippen LogP contribution is 2.15. The fourth-order valence-electron chi connectivity index (χ4n) is 1.64. The summed E-state index contributed by atoms with van der Waals surface area (Å²) in [5.74, 6) is 0. The third-order valence-corrected chi connectivity index (χ3v) is 7.92. The molecule has 1 rings (SSSR count). The average molecular weight is 266 g/mol. The van der Waals surface area contributed by atoms with E-state index in [1.54, 1.807) is 14.2 Å². The van der Waals surface area contributed by atoms with E-state index in [2.05, 4.69) is 43.9 Å². The Hall–Kier alpha value is -0.686. The number of benzene rings is 1. The Bertz CT molecular complexity index is 381. The fraction of sp³-hybridized carbons (Fsp3) is 0.385. The molecule has 0 saturated heterocycles. The van der Waals surface area contributed by atoms with Crippen LogP contribution in [0.2, 0.25) is 19.6 Å². The minimum Gasteiger partial charge on any atom is -0.394 e. The summed E-state index contributed by atoms with van der Waals surface area (Å²) < 4.78 is 11.0. The monoisotopic (exact) mass is 266 g/mol. The fourth-order valence-corrected chi connectivity index (χ4v) is 3.91. The Kier molecular flexibility index (Phi) is 4.88. The molecule has 0 spiro atoms. The smallest absolute Gasteiger partial charge is 0.368 e. The zero-order chi connectivity index (χ0) is 13.1. The zero-order valence-electron chi connectivity index (χ0n) is 11.4. The largest absolute Gasteiger partial charge is 0.394 e. The molecule has 0 unspecified atom stereocenters. The van der Waals surface area contributed by atoms with Gasteiger partial charge >= 0.3 is 8.56 Å². The molecule has 0 atom stereocenters. The van der Waals surface area contributed by atoms with E-state index in [0.29, 0.717) is 0 Å². The summed E-state index contributed by atoms with van der Waals surface area (Å²) in [5.41, 5.74) is 1.25. The van der Waals surface area contributed by atoms with Gasteiger partial charge in [0.1, 0.15) is 0 Å². The number of hydrogen-bond donors (Lipinski definition) is 0. The minimum absolute atomic E-state index is 0.809. The van der Waals surface area contributed by atoms with E-state index in [-0.39, 0.29) is 0 Å². The van der Waals surface area contributed by atoms with Crippen molar-refractivity contribution in [2.45, 2.75) is 19.6 Å². The first-order valence-electron chi connectivity index (χ1n) is 5.84. The summed E-state index contributed by atoms with van der Waals surface area (Å²) in [6.45, 7) is 10.8. The number of rotatable bonds is 5. The molecule has 0 fully saturated rings. The van der Waals surface area contributed by atoms with Crippen LogP contribution in [0.5, 0.6) is 0 Å². The van der Waals surface area contributed by atoms with E-state index in [0.717, 1.165) is 5.19 Å². The van der Waals surface area contributed by atoms with E-state index >= 15 is 0 Å². The molecule has 17 heavy (non-hydrogen) atoms. The first kappa shape index (κ1) is 14.4. The lowest BCUT2D eigenvalue weighted by atomic mass is 10.2. The molecule has 2 nitrogen and oxygen atoms in total. The second-order valence-electron chi connectivity index (χ2n) is 4.61. The quantitative estimate of drug-likeness (QED) is 0.761. The third-order valence-electron chi connectivity index (χ3n) is 3.26. The van der Waals surface area contributed by atoms with Crippen molar-refractivity contribution in [2.75, 3.05) is 14.2 Å². The van der Waals surface area contributed by atoms with Gasteiger partial charge in [0.2, 0.25) is 0 Å². The first-order chi connectivity index (χ1) is 7.94. The van der Waals surface area contributed by atoms with Gasteiger partial charge in [-0.15, -0.1) is 0 Å². The molecule has 0 amide bonds. The molecule has 0 bridgehead atoms. The maximum absolute atomic E-state index is 5.52. The minimum atomic E-state index is -2.18. The van der Waals surface area contributed by atoms with Crippen LogP contribution >= 0.6 is 0 Å². The zero-order valence-corrected chi connectivity index (χ0v) is 13.6. The predicted octanol–water partition coefficient (Wildman–Crippen LogP) is 2.30. The SMILES string of the molecule is C=C(c1ccc([Si](C)(OC)OC)cc1)[SiH](C)C. The lowest BCUT2D eigenvalue weighted by Crippen LogP contribution is -2.49. The predicted molar refractivity (Wildman–Crippen MR) is 79.6 cm³/mol. The van der Waals surface area contributed by atoms with Crippen molar-refractivity contribution in [1.29, 1.82) is 0 Å². The van der Waals surface area contributed by atoms with Gasteiger partial charge in [-0.25, -0.2) is 0 Å². The van der Waals surface area contributed by atoms with E-state index in [1.807, 2.05) is 6.55 Å². The maximum Gasteiger partial charge on any atom is 0.368 e. The second kappa shape index (κ2) is 5.77. The summed E-state index contributed by atoms with van der Waals surface area (Å²) in [5, 5.41) is 2.46. The van der Waals surface area contributed by atoms with Gasteiger partial charge in [-0.05, 0) is 17.3 Å². The van der Waals surface area contributed by atoms with Crippen molar-refractivity contribution in [1.82, 2.24) is 0 Å². The summed E-state index contributed by atoms with van der Waals surface area (Å²) in [6.07, 6.45) is 0. The molecule has 1 aromatic rings. The van der Waals surface area contributed by atoms with E-state index in [4.69, 9.17) is 8.85 Å². The molecule has 0 aliphatic heterocycles. The molecule has 0 saturated carbocycles. The lowest BCUT2D eigenvalue weighted by molar-refractivity contribution is 0.265. The highest BCUT2D eigenvalue weighted by molar-refractivity contribution is 6.80. The molecule has 0 radical (unpaired) electrons. The normalized spacial score (nSPS) is 11.9. The Labute approximate surface area is 107 Å². The van der Waals surface area contributed by atoms with E-state index in [9.17, 15) is 0 Å². The van der Waals surface area contributed by atoms with Crippen LogP contribution in [0.15, 0.2) is 30.8 Å². The van der Waals surface area contributed by atoms with Crippen molar-refractivity contribution >= 4 is 27.7 Å². The number of hydrogen-bond acceptors (Lipinski definition) is 2. The molecule has 0 aliphatic rings. The average Bonchev–Trinajstić information content (AvgIpc) is 2.37. The van der Waals surface area contributed by atoms with Gasteiger partial charge in [0.15, 0.2) is 0 Å². The van der Waals surface area contributed by atoms with Crippen LogP contribution in [0.3, 0.4) is 0 Å². The Morgan fingerprint density at radius 2 is 1.59 bits per heavy atom. The van der Waals surface area contributed by atoms with Crippen LogP contribution in [0.4, 0.5) is 0 Å². The van der Waals surface area contributed by atoms with Crippen molar-refractivity contribution < 1.29 is 8.85 Å². The molecule has 0 N–H and O–H groups in total. The van der Waals surface area contributed by atoms with Crippen LogP contribution in [0, 0.1) is 0 Å². The van der Waals surface area contributed by atoms with Crippen molar-refractivity contribution in [3.63, 3.8) is 0 Å². The van der Waals surface area contributed by atoms with Crippen LogP contribution in [-0.4, -0.2) is 31.6 Å². The molecule has 4 heteroatoms. The van der Waals surface area contributed by atoms with Gasteiger partial charge in [0, 0.05) is 14.2 Å². The molecule has 94 valence electrons. The molecule has 1 aromatic carbocycles. The Morgan fingerprint density at radius 1 is 1.12 bits per heavy atom. The summed E-state index contributed by atoms with van der Waals surface area (Å²) in [4.78, 5) is 0. The second-order valence-corrected chi connectivity index (χ2v) is 10.9. The van der Waals surface area contributed by atoms with Gasteiger partial charge in [0.05, 0.1) is 8.80 Å². The first-order valence-corrected chi connectivity index (χ1v) is 11.0. The van der Waals surface area contributed by atoms with E-state index in [1.165, 1.54) is 10.8 Å². The molecular formula is C13H22O2Si2. The lowest BCUT2D eigenvalue weighted by Gasteiger charge is -2.23. The topological polar surface area (TPSA) is 18.5 Å². The van der Waals surface area contributed by atoms with Gasteiger partial charge in [-0.2, -0.15) is 0 Å². The highest BCUT2D eigenvalue weighted by Gasteiger charge is 2.31. The van der Waals surface area contributed by atoms with Gasteiger partial charge in [-0.1, -0.05) is 49.1 Å². The van der Waals surface area contributed by atoms with Crippen molar-refractivity contribution in [2.24, 2.45) is 0 Å². The molecular weight excluding hydrogens is 244 g/mol. The van der Waals surface area contributed by atoms with Crippen molar-refractivity contribution in [3.05, 3.63) is 36.4 Å². The summed E-state index contributed by atoms with van der Waals surface area (Å²) in [6, 6.07) is 8.48. The van der Waals surface area contributed by atoms with Gasteiger partial charge in [-0.3, -0.25) is 0 Å². The Morgan fingerprint density at radius 3 is 1.94 bits per heavy atom. The van der Waals surface area contributed by atoms with Crippen molar-refractivity contribution in [3.8, 4) is 0 Å². The van der Waals surface area contributed by atoms with Crippen LogP contribution < -0.4 is 5.19 Å².